The lowest BCUT2D eigenvalue weighted by Gasteiger charge is -2.09. The molecule has 0 aromatic rings. The van der Waals surface area contributed by atoms with Crippen LogP contribution in [0.25, 0.3) is 0 Å². The summed E-state index contributed by atoms with van der Waals surface area (Å²) in [6, 6.07) is 0. The molecule has 0 fully saturated rings. The van der Waals surface area contributed by atoms with Crippen molar-refractivity contribution >= 4 is 24.4 Å². The van der Waals surface area contributed by atoms with Gasteiger partial charge in [-0.05, 0) is 0 Å². The van der Waals surface area contributed by atoms with E-state index >= 15 is 0 Å². The number of carbonyl (C=O) groups excluding carboxylic acids is 2. The number of thiol groups is 1. The van der Waals surface area contributed by atoms with E-state index in [-0.39, 0.29) is 17.6 Å². The molecule has 0 rings (SSSR count). The van der Waals surface area contributed by atoms with Gasteiger partial charge in [-0.15, -0.1) is 0 Å². The molecule has 4 nitrogen and oxygen atoms in total. The molecule has 0 spiro atoms. The Balaban J connectivity index is 3.44. The summed E-state index contributed by atoms with van der Waals surface area (Å²) >= 11 is 3.77. The molecule has 0 aliphatic heterocycles. The first-order chi connectivity index (χ1) is 5.57. The van der Waals surface area contributed by atoms with Gasteiger partial charge < -0.3 is 10.2 Å². The molecule has 0 radical (unpaired) electrons. The van der Waals surface area contributed by atoms with Crippen LogP contribution in [0.5, 0.6) is 0 Å². The minimum Gasteiger partial charge on any atom is -0.355 e. The van der Waals surface area contributed by atoms with E-state index in [1.165, 1.54) is 4.90 Å². The van der Waals surface area contributed by atoms with Gasteiger partial charge in [-0.2, -0.15) is 12.6 Å². The second-order valence-corrected chi connectivity index (χ2v) is 2.86. The number of hydrogen-bond acceptors (Lipinski definition) is 3. The Labute approximate surface area is 77.7 Å². The van der Waals surface area contributed by atoms with E-state index in [9.17, 15) is 9.59 Å². The maximum Gasteiger partial charge on any atom is 0.229 e. The lowest BCUT2D eigenvalue weighted by Crippen LogP contribution is -2.30. The highest BCUT2D eigenvalue weighted by Gasteiger charge is 2.03. The van der Waals surface area contributed by atoms with Crippen LogP contribution in [-0.4, -0.2) is 43.1 Å². The van der Waals surface area contributed by atoms with E-state index in [0.717, 1.165) is 0 Å². The third kappa shape index (κ3) is 5.01. The molecule has 0 bridgehead atoms. The smallest absolute Gasteiger partial charge is 0.229 e. The van der Waals surface area contributed by atoms with E-state index in [2.05, 4.69) is 17.9 Å². The maximum absolute atomic E-state index is 11.0. The molecule has 0 aliphatic carbocycles. The highest BCUT2D eigenvalue weighted by molar-refractivity contribution is 7.81. The van der Waals surface area contributed by atoms with Gasteiger partial charge in [0.05, 0.1) is 5.75 Å². The topological polar surface area (TPSA) is 49.4 Å². The van der Waals surface area contributed by atoms with Crippen LogP contribution in [0.15, 0.2) is 0 Å². The summed E-state index contributed by atoms with van der Waals surface area (Å²) in [5.74, 6) is 0.0234. The average molecular weight is 190 g/mol. The van der Waals surface area contributed by atoms with Gasteiger partial charge in [-0.25, -0.2) is 0 Å². The third-order valence-electron chi connectivity index (χ3n) is 1.30. The molecule has 0 saturated carbocycles. The van der Waals surface area contributed by atoms with Crippen molar-refractivity contribution in [3.63, 3.8) is 0 Å². The summed E-state index contributed by atoms with van der Waals surface area (Å²) in [5.41, 5.74) is 0. The zero-order chi connectivity index (χ0) is 9.56. The van der Waals surface area contributed by atoms with Gasteiger partial charge >= 0.3 is 0 Å². The number of nitrogens with zero attached hydrogens (tertiary/aromatic N) is 1. The molecule has 0 aliphatic rings. The normalized spacial score (nSPS) is 9.25. The Hall–Kier alpha value is -0.710. The standard InChI is InChI=1S/C7H14N2O2S/c1-9(2)7(11)3-4-8-6(10)5-12/h12H,3-5H2,1-2H3,(H,8,10). The monoisotopic (exact) mass is 190 g/mol. The van der Waals surface area contributed by atoms with Crippen molar-refractivity contribution in [2.45, 2.75) is 6.42 Å². The van der Waals surface area contributed by atoms with Gasteiger partial charge in [0, 0.05) is 27.1 Å². The summed E-state index contributed by atoms with van der Waals surface area (Å²) in [5, 5.41) is 2.56. The Kier molecular flexibility index (Phi) is 5.53. The highest BCUT2D eigenvalue weighted by atomic mass is 32.1. The molecule has 5 heteroatoms. The number of hydrogen-bond donors (Lipinski definition) is 2. The first-order valence-electron chi connectivity index (χ1n) is 3.65. The number of nitrogens with one attached hydrogen (secondary N) is 1. The quantitative estimate of drug-likeness (QED) is 0.588. The van der Waals surface area contributed by atoms with Crippen molar-refractivity contribution in [3.8, 4) is 0 Å². The molecular formula is C7H14N2O2S. The van der Waals surface area contributed by atoms with Crippen molar-refractivity contribution in [2.75, 3.05) is 26.4 Å². The molecule has 0 saturated heterocycles. The fourth-order valence-electron chi connectivity index (χ4n) is 0.588. The fraction of sp³-hybridized carbons (Fsp3) is 0.714. The van der Waals surface area contributed by atoms with Crippen LogP contribution in [-0.2, 0) is 9.59 Å². The molecule has 0 unspecified atom stereocenters. The molecule has 0 aromatic heterocycles. The molecule has 1 N–H and O–H groups in total. The van der Waals surface area contributed by atoms with E-state index in [1.54, 1.807) is 14.1 Å². The number of carbonyl (C=O) groups is 2. The summed E-state index contributed by atoms with van der Waals surface area (Å²) in [7, 11) is 3.37. The van der Waals surface area contributed by atoms with Gasteiger partial charge in [0.2, 0.25) is 11.8 Å². The van der Waals surface area contributed by atoms with Gasteiger partial charge in [-0.1, -0.05) is 0 Å². The molecule has 12 heavy (non-hydrogen) atoms. The summed E-state index contributed by atoms with van der Waals surface area (Å²) in [4.78, 5) is 23.1. The summed E-state index contributed by atoms with van der Waals surface area (Å²) < 4.78 is 0. The van der Waals surface area contributed by atoms with Crippen LogP contribution in [0.4, 0.5) is 0 Å². The second-order valence-electron chi connectivity index (χ2n) is 2.55. The third-order valence-corrected chi connectivity index (χ3v) is 1.59. The van der Waals surface area contributed by atoms with Crippen molar-refractivity contribution in [2.24, 2.45) is 0 Å². The van der Waals surface area contributed by atoms with Crippen LogP contribution in [0.1, 0.15) is 6.42 Å². The SMILES string of the molecule is CN(C)C(=O)CCNC(=O)CS. The zero-order valence-electron chi connectivity index (χ0n) is 7.33. The van der Waals surface area contributed by atoms with Crippen LogP contribution in [0.3, 0.4) is 0 Å². The average Bonchev–Trinajstić information content (AvgIpc) is 2.03. The van der Waals surface area contributed by atoms with E-state index in [4.69, 9.17) is 0 Å². The van der Waals surface area contributed by atoms with Crippen molar-refractivity contribution in [3.05, 3.63) is 0 Å². The molecule has 0 atom stereocenters. The Morgan fingerprint density at radius 1 is 1.42 bits per heavy atom. The molecule has 0 aromatic carbocycles. The fourth-order valence-corrected chi connectivity index (χ4v) is 0.700. The van der Waals surface area contributed by atoms with E-state index in [0.29, 0.717) is 13.0 Å². The molecular weight excluding hydrogens is 176 g/mol. The van der Waals surface area contributed by atoms with Gasteiger partial charge in [-0.3, -0.25) is 9.59 Å². The number of amides is 2. The minimum absolute atomic E-state index is 0.00876. The second kappa shape index (κ2) is 5.88. The van der Waals surface area contributed by atoms with Crippen molar-refractivity contribution in [1.82, 2.24) is 10.2 Å². The van der Waals surface area contributed by atoms with Gasteiger partial charge in [0.25, 0.3) is 0 Å². The maximum atomic E-state index is 11.0. The van der Waals surface area contributed by atoms with Crippen LogP contribution in [0, 0.1) is 0 Å². The summed E-state index contributed by atoms with van der Waals surface area (Å²) in [6.45, 7) is 0.385. The molecule has 2 amide bonds. The van der Waals surface area contributed by atoms with E-state index in [1.807, 2.05) is 0 Å². The van der Waals surface area contributed by atoms with Crippen LogP contribution < -0.4 is 5.32 Å². The van der Waals surface area contributed by atoms with E-state index < -0.39 is 0 Å². The van der Waals surface area contributed by atoms with Crippen molar-refractivity contribution < 1.29 is 9.59 Å². The highest BCUT2D eigenvalue weighted by Crippen LogP contribution is 1.84. The Morgan fingerprint density at radius 2 is 2.00 bits per heavy atom. The number of rotatable bonds is 4. The van der Waals surface area contributed by atoms with Crippen LogP contribution >= 0.6 is 12.6 Å². The van der Waals surface area contributed by atoms with Gasteiger partial charge in [0.1, 0.15) is 0 Å². The largest absolute Gasteiger partial charge is 0.355 e. The predicted molar refractivity (Wildman–Crippen MR) is 50.2 cm³/mol. The lowest BCUT2D eigenvalue weighted by molar-refractivity contribution is -0.128. The summed E-state index contributed by atoms with van der Waals surface area (Å²) in [6.07, 6.45) is 0.340. The lowest BCUT2D eigenvalue weighted by atomic mass is 10.4. The van der Waals surface area contributed by atoms with Crippen LogP contribution in [0.2, 0.25) is 0 Å². The Morgan fingerprint density at radius 3 is 2.42 bits per heavy atom. The first-order valence-corrected chi connectivity index (χ1v) is 4.29. The van der Waals surface area contributed by atoms with Crippen molar-refractivity contribution in [1.29, 1.82) is 0 Å². The first kappa shape index (κ1) is 11.3. The van der Waals surface area contributed by atoms with Gasteiger partial charge in [0.15, 0.2) is 0 Å². The predicted octanol–water partition coefficient (Wildman–Crippen LogP) is -0.489. The Bertz CT molecular complexity index is 171. The zero-order valence-corrected chi connectivity index (χ0v) is 8.23. The minimum atomic E-state index is -0.148. The molecule has 0 heterocycles. The molecule has 70 valence electrons.